The smallest absolute Gasteiger partial charge is 0.305 e. The second-order valence-corrected chi connectivity index (χ2v) is 9.37. The van der Waals surface area contributed by atoms with Crippen LogP contribution in [0.2, 0.25) is 0 Å². The van der Waals surface area contributed by atoms with Gasteiger partial charge in [-0.05, 0) is 54.8 Å². The molecule has 1 aliphatic rings. The number of benzene rings is 3. The van der Waals surface area contributed by atoms with Gasteiger partial charge >= 0.3 is 5.97 Å². The average molecular weight is 502 g/mol. The second-order valence-electron chi connectivity index (χ2n) is 8.56. The van der Waals surface area contributed by atoms with Crippen molar-refractivity contribution in [3.8, 4) is 17.9 Å². The van der Waals surface area contributed by atoms with Crippen molar-refractivity contribution < 1.29 is 18.7 Å². The number of piperazine rings is 1. The van der Waals surface area contributed by atoms with Gasteiger partial charge in [-0.15, -0.1) is 0 Å². The van der Waals surface area contributed by atoms with Gasteiger partial charge < -0.3 is 14.6 Å². The van der Waals surface area contributed by atoms with Crippen molar-refractivity contribution in [1.82, 2.24) is 9.42 Å². The molecule has 4 rings (SSSR count). The fourth-order valence-corrected chi connectivity index (χ4v) is 5.07. The number of nitrogens with zero attached hydrogens (tertiary/aromatic N) is 4. The van der Waals surface area contributed by atoms with Crippen LogP contribution >= 0.6 is 0 Å². The first kappa shape index (κ1) is 25.4. The van der Waals surface area contributed by atoms with E-state index in [1.54, 1.807) is 18.0 Å². The summed E-state index contributed by atoms with van der Waals surface area (Å²) in [6.45, 7) is 3.74. The molecule has 0 saturated carbocycles. The molecule has 0 spiro atoms. The molecule has 1 fully saturated rings. The molecule has 0 amide bonds. The zero-order chi connectivity index (χ0) is 25.7. The van der Waals surface area contributed by atoms with E-state index in [1.165, 1.54) is 0 Å². The van der Waals surface area contributed by atoms with Gasteiger partial charge in [0, 0.05) is 65.7 Å². The van der Waals surface area contributed by atoms with E-state index in [0.29, 0.717) is 31.7 Å². The van der Waals surface area contributed by atoms with Crippen LogP contribution in [0, 0.1) is 23.2 Å². The quantitative estimate of drug-likeness (QED) is 0.408. The van der Waals surface area contributed by atoms with Crippen molar-refractivity contribution in [3.05, 3.63) is 77.4 Å². The number of hydrogen-bond acceptors (Lipinski definition) is 6. The van der Waals surface area contributed by atoms with Crippen LogP contribution < -0.4 is 4.90 Å². The first-order valence-electron chi connectivity index (χ1n) is 11.5. The van der Waals surface area contributed by atoms with Crippen LogP contribution in [0.15, 0.2) is 60.7 Å². The largest absolute Gasteiger partial charge is 0.759 e. The van der Waals surface area contributed by atoms with Gasteiger partial charge in [0.2, 0.25) is 0 Å². The van der Waals surface area contributed by atoms with Crippen molar-refractivity contribution in [2.24, 2.45) is 0 Å². The first-order valence-corrected chi connectivity index (χ1v) is 12.5. The normalized spacial score (nSPS) is 15.7. The molecule has 1 aliphatic heterocycles. The summed E-state index contributed by atoms with van der Waals surface area (Å²) in [7, 11) is 0. The lowest BCUT2D eigenvalue weighted by atomic mass is 10.0. The van der Waals surface area contributed by atoms with Gasteiger partial charge in [0.1, 0.15) is 0 Å². The maximum Gasteiger partial charge on any atom is 0.305 e. The minimum absolute atomic E-state index is 0.255. The number of nitriles is 1. The van der Waals surface area contributed by atoms with Gasteiger partial charge in [-0.1, -0.05) is 30.0 Å². The van der Waals surface area contributed by atoms with Crippen LogP contribution in [-0.4, -0.2) is 61.5 Å². The predicted octanol–water partition coefficient (Wildman–Crippen LogP) is 3.11. The summed E-state index contributed by atoms with van der Waals surface area (Å²) in [6.07, 6.45) is -0.255. The van der Waals surface area contributed by atoms with Gasteiger partial charge in [0.05, 0.1) is 18.1 Å². The van der Waals surface area contributed by atoms with Crippen LogP contribution in [0.1, 0.15) is 30.0 Å². The molecule has 0 bridgehead atoms. The third-order valence-corrected chi connectivity index (χ3v) is 7.02. The fourth-order valence-electron chi connectivity index (χ4n) is 4.35. The van der Waals surface area contributed by atoms with E-state index in [4.69, 9.17) is 5.11 Å². The van der Waals surface area contributed by atoms with Crippen LogP contribution in [0.4, 0.5) is 5.69 Å². The number of rotatable bonds is 6. The van der Waals surface area contributed by atoms with E-state index in [0.717, 1.165) is 32.0 Å². The fraction of sp³-hybridized carbons (Fsp3) is 0.259. The van der Waals surface area contributed by atoms with Crippen LogP contribution in [0.25, 0.3) is 10.8 Å². The molecule has 2 atom stereocenters. The molecule has 0 aliphatic carbocycles. The Morgan fingerprint density at radius 1 is 1.08 bits per heavy atom. The molecule has 3 aromatic rings. The monoisotopic (exact) mass is 501 g/mol. The number of hydrogen-bond donors (Lipinski definition) is 1. The third kappa shape index (κ3) is 5.91. The maximum absolute atomic E-state index is 11.7. The number of fused-ring (bicyclic) bond motifs is 1. The zero-order valence-electron chi connectivity index (χ0n) is 19.8. The highest BCUT2D eigenvalue weighted by Gasteiger charge is 2.27. The minimum Gasteiger partial charge on any atom is -0.759 e. The number of hydrazine groups is 1. The lowest BCUT2D eigenvalue weighted by Gasteiger charge is -2.44. The lowest BCUT2D eigenvalue weighted by Crippen LogP contribution is -2.57. The topological polar surface area (TPSA) is 111 Å². The van der Waals surface area contributed by atoms with Crippen LogP contribution in [0.5, 0.6) is 0 Å². The van der Waals surface area contributed by atoms with E-state index in [-0.39, 0.29) is 6.42 Å². The molecule has 2 unspecified atom stereocenters. The minimum atomic E-state index is -2.54. The Morgan fingerprint density at radius 2 is 1.75 bits per heavy atom. The Morgan fingerprint density at radius 3 is 2.39 bits per heavy atom. The molecule has 0 radical (unpaired) electrons. The molecular formula is C27H25N4O4S-. The number of aliphatic carboxylic acids is 1. The second kappa shape index (κ2) is 11.3. The van der Waals surface area contributed by atoms with Gasteiger partial charge in [-0.2, -0.15) is 9.68 Å². The molecule has 1 heterocycles. The molecule has 8 nitrogen and oxygen atoms in total. The molecule has 3 aromatic carbocycles. The maximum atomic E-state index is 11.7. The number of carbonyl (C=O) groups is 1. The molecule has 0 aromatic heterocycles. The molecule has 9 heteroatoms. The summed E-state index contributed by atoms with van der Waals surface area (Å²) >= 11 is -2.54. The van der Waals surface area contributed by atoms with E-state index < -0.39 is 23.3 Å². The summed E-state index contributed by atoms with van der Waals surface area (Å²) in [6, 6.07) is 20.9. The van der Waals surface area contributed by atoms with E-state index >= 15 is 0 Å². The van der Waals surface area contributed by atoms with Crippen molar-refractivity contribution in [2.45, 2.75) is 19.4 Å². The van der Waals surface area contributed by atoms with Gasteiger partial charge in [0.15, 0.2) is 0 Å². The Kier molecular flexibility index (Phi) is 7.99. The number of anilines is 1. The van der Waals surface area contributed by atoms with E-state index in [9.17, 15) is 18.8 Å². The van der Waals surface area contributed by atoms with Gasteiger partial charge in [-0.25, -0.2) is 5.01 Å². The Bertz CT molecular complexity index is 1380. The standard InChI is InChI=1S/C27H26N4O4S/c1-20(17-27(32)33)31(36(34)35)30-15-13-29(14-16-30)25-11-8-21(9-12-25)5-6-22-7-10-23-3-2-4-24(19-28)26(23)18-22/h2-4,7-12,18,20H,13-17H2,1H3,(H,32,33)(H,34,35)/p-1. The summed E-state index contributed by atoms with van der Waals surface area (Å²) in [5.41, 5.74) is 3.34. The Labute approximate surface area is 212 Å². The Balaban J connectivity index is 1.41. The summed E-state index contributed by atoms with van der Waals surface area (Å²) in [5.74, 6) is 5.31. The average Bonchev–Trinajstić information content (AvgIpc) is 2.87. The van der Waals surface area contributed by atoms with E-state index in [2.05, 4.69) is 22.8 Å². The Hall–Kier alpha value is -3.73. The third-order valence-electron chi connectivity index (χ3n) is 6.12. The predicted molar refractivity (Wildman–Crippen MR) is 137 cm³/mol. The van der Waals surface area contributed by atoms with Crippen molar-refractivity contribution in [2.75, 3.05) is 31.1 Å². The van der Waals surface area contributed by atoms with Gasteiger partial charge in [-0.3, -0.25) is 9.00 Å². The lowest BCUT2D eigenvalue weighted by molar-refractivity contribution is -0.139. The SMILES string of the molecule is CC(CC(=O)O)N(N1CCN(c2ccc(C#Cc3ccc4cccc(C#N)c4c3)cc2)CC1)S(=O)[O-]. The van der Waals surface area contributed by atoms with E-state index in [1.807, 2.05) is 54.6 Å². The number of carboxylic acids is 1. The molecule has 36 heavy (non-hydrogen) atoms. The molecule has 1 saturated heterocycles. The number of carboxylic acid groups (broad SMARTS) is 1. The van der Waals surface area contributed by atoms with Crippen molar-refractivity contribution in [3.63, 3.8) is 0 Å². The summed E-state index contributed by atoms with van der Waals surface area (Å²) in [5, 5.41) is 21.9. The van der Waals surface area contributed by atoms with Gasteiger partial charge in [0.25, 0.3) is 0 Å². The van der Waals surface area contributed by atoms with Crippen LogP contribution in [-0.2, 0) is 16.1 Å². The highest BCUT2D eigenvalue weighted by molar-refractivity contribution is 7.76. The molecule has 1 N–H and O–H groups in total. The van der Waals surface area contributed by atoms with Crippen molar-refractivity contribution >= 4 is 33.7 Å². The zero-order valence-corrected chi connectivity index (χ0v) is 20.6. The first-order chi connectivity index (χ1) is 17.4. The molecule has 184 valence electrons. The van der Waals surface area contributed by atoms with Crippen molar-refractivity contribution in [1.29, 1.82) is 5.26 Å². The highest BCUT2D eigenvalue weighted by Crippen LogP contribution is 2.21. The molecular weight excluding hydrogens is 476 g/mol. The van der Waals surface area contributed by atoms with Crippen LogP contribution in [0.3, 0.4) is 0 Å². The summed E-state index contributed by atoms with van der Waals surface area (Å²) in [4.78, 5) is 13.2. The summed E-state index contributed by atoms with van der Waals surface area (Å²) < 4.78 is 24.6. The highest BCUT2D eigenvalue weighted by atomic mass is 32.2.